The van der Waals surface area contributed by atoms with E-state index in [0.29, 0.717) is 31.0 Å². The molecular weight excluding hydrogens is 353 g/mol. The number of hydrogen-bond donors (Lipinski definition) is 1. The quantitative estimate of drug-likeness (QED) is 0.851. The Morgan fingerprint density at radius 3 is 2.57 bits per heavy atom. The number of nitrogens with one attached hydrogen (secondary N) is 1. The molecule has 2 bridgehead atoms. The van der Waals surface area contributed by atoms with Crippen molar-refractivity contribution in [3.63, 3.8) is 0 Å². The van der Waals surface area contributed by atoms with E-state index in [9.17, 15) is 4.79 Å². The van der Waals surface area contributed by atoms with Crippen molar-refractivity contribution in [3.8, 4) is 0 Å². The topological polar surface area (TPSA) is 45.2 Å². The molecule has 1 amide bonds. The Labute approximate surface area is 155 Å². The number of thiazole rings is 1. The van der Waals surface area contributed by atoms with Gasteiger partial charge in [0, 0.05) is 36.6 Å². The van der Waals surface area contributed by atoms with Crippen LogP contribution in [0.3, 0.4) is 0 Å². The second-order valence-electron chi connectivity index (χ2n) is 6.50. The van der Waals surface area contributed by atoms with Crippen molar-refractivity contribution < 1.29 is 4.79 Å². The van der Waals surface area contributed by atoms with Crippen molar-refractivity contribution in [2.75, 3.05) is 7.05 Å². The monoisotopic (exact) mass is 379 g/mol. The Hall–Kier alpha value is -0.360. The van der Waals surface area contributed by atoms with Gasteiger partial charge in [-0.3, -0.25) is 4.79 Å². The highest BCUT2D eigenvalue weighted by Gasteiger charge is 2.34. The van der Waals surface area contributed by atoms with Gasteiger partial charge in [-0.15, -0.1) is 36.2 Å². The van der Waals surface area contributed by atoms with Gasteiger partial charge in [0.25, 0.3) is 0 Å². The highest BCUT2D eigenvalue weighted by molar-refractivity contribution is 7.11. The molecule has 1 aromatic heterocycles. The summed E-state index contributed by atoms with van der Waals surface area (Å²) in [5, 5.41) is 4.69. The van der Waals surface area contributed by atoms with E-state index in [1.165, 1.54) is 30.6 Å². The fourth-order valence-corrected chi connectivity index (χ4v) is 4.54. The lowest BCUT2D eigenvalue weighted by atomic mass is 9.89. The van der Waals surface area contributed by atoms with Crippen LogP contribution in [-0.4, -0.2) is 34.9 Å². The Bertz CT molecular complexity index is 499. The number of carbonyl (C=O) groups is 1. The first kappa shape index (κ1) is 20.7. The molecule has 3 heterocycles. The summed E-state index contributed by atoms with van der Waals surface area (Å²) in [7, 11) is 1.91. The summed E-state index contributed by atoms with van der Waals surface area (Å²) in [5.74, 6) is 0.843. The number of rotatable bonds is 5. The smallest absolute Gasteiger partial charge is 0.222 e. The summed E-state index contributed by atoms with van der Waals surface area (Å²) in [6.07, 6.45) is 8.60. The molecule has 132 valence electrons. The highest BCUT2D eigenvalue weighted by atomic mass is 35.5. The average molecular weight is 380 g/mol. The number of fused-ring (bicyclic) bond motifs is 2. The summed E-state index contributed by atoms with van der Waals surface area (Å²) in [4.78, 5) is 20.0. The molecular formula is C16H27Cl2N3OS. The van der Waals surface area contributed by atoms with Crippen LogP contribution in [-0.2, 0) is 17.8 Å². The molecule has 1 aromatic rings. The van der Waals surface area contributed by atoms with Crippen molar-refractivity contribution in [1.82, 2.24) is 15.2 Å². The van der Waals surface area contributed by atoms with E-state index in [-0.39, 0.29) is 30.7 Å². The van der Waals surface area contributed by atoms with Crippen LogP contribution in [0.5, 0.6) is 0 Å². The van der Waals surface area contributed by atoms with Crippen LogP contribution in [0.15, 0.2) is 6.20 Å². The molecule has 23 heavy (non-hydrogen) atoms. The molecule has 2 unspecified atom stereocenters. The number of nitrogens with zero attached hydrogens (tertiary/aromatic N) is 2. The summed E-state index contributed by atoms with van der Waals surface area (Å²) < 4.78 is 0. The van der Waals surface area contributed by atoms with Gasteiger partial charge in [0.05, 0.1) is 6.54 Å². The highest BCUT2D eigenvalue weighted by Crippen LogP contribution is 2.33. The minimum Gasteiger partial charge on any atom is -0.339 e. The third-order valence-corrected chi connectivity index (χ3v) is 5.91. The van der Waals surface area contributed by atoms with Crippen molar-refractivity contribution in [1.29, 1.82) is 0 Å². The average Bonchev–Trinajstić information content (AvgIpc) is 3.05. The van der Waals surface area contributed by atoms with Crippen molar-refractivity contribution in [3.05, 3.63) is 16.1 Å². The molecule has 0 saturated carbocycles. The lowest BCUT2D eigenvalue weighted by molar-refractivity contribution is -0.131. The number of hydrogen-bond acceptors (Lipinski definition) is 4. The summed E-state index contributed by atoms with van der Waals surface area (Å²) in [5.41, 5.74) is 0. The van der Waals surface area contributed by atoms with Gasteiger partial charge in [-0.2, -0.15) is 0 Å². The normalized spacial score (nSPS) is 25.4. The van der Waals surface area contributed by atoms with Gasteiger partial charge in [0.1, 0.15) is 5.01 Å². The number of carbonyl (C=O) groups excluding carboxylic acids is 1. The Morgan fingerprint density at radius 1 is 1.35 bits per heavy atom. The Morgan fingerprint density at radius 2 is 2.00 bits per heavy atom. The van der Waals surface area contributed by atoms with E-state index in [2.05, 4.69) is 17.2 Å². The van der Waals surface area contributed by atoms with Crippen LogP contribution >= 0.6 is 36.2 Å². The van der Waals surface area contributed by atoms with Crippen molar-refractivity contribution >= 4 is 42.1 Å². The number of aromatic nitrogens is 1. The molecule has 0 aliphatic carbocycles. The lowest BCUT2D eigenvalue weighted by Crippen LogP contribution is -2.39. The van der Waals surface area contributed by atoms with Crippen LogP contribution in [0, 0.1) is 5.92 Å². The first-order chi connectivity index (χ1) is 10.1. The SMILES string of the molecule is CCc1cnc(CN(C)C(=O)CC2CC3CCC(C2)N3)s1.Cl.Cl. The van der Waals surface area contributed by atoms with Crippen LogP contribution in [0.2, 0.25) is 0 Å². The van der Waals surface area contributed by atoms with E-state index < -0.39 is 0 Å². The summed E-state index contributed by atoms with van der Waals surface area (Å²) in [6.45, 7) is 2.79. The maximum Gasteiger partial charge on any atom is 0.222 e. The van der Waals surface area contributed by atoms with E-state index in [4.69, 9.17) is 0 Å². The van der Waals surface area contributed by atoms with Crippen molar-refractivity contribution in [2.24, 2.45) is 5.92 Å². The zero-order valence-corrected chi connectivity index (χ0v) is 16.2. The second-order valence-corrected chi connectivity index (χ2v) is 7.70. The van der Waals surface area contributed by atoms with E-state index in [1.807, 2.05) is 18.1 Å². The predicted molar refractivity (Wildman–Crippen MR) is 99.7 cm³/mol. The minimum absolute atomic E-state index is 0. The van der Waals surface area contributed by atoms with Crippen LogP contribution in [0.4, 0.5) is 0 Å². The van der Waals surface area contributed by atoms with E-state index in [0.717, 1.165) is 11.4 Å². The van der Waals surface area contributed by atoms with Gasteiger partial charge in [0.2, 0.25) is 5.91 Å². The van der Waals surface area contributed by atoms with Crippen LogP contribution in [0.25, 0.3) is 0 Å². The van der Waals surface area contributed by atoms with Gasteiger partial charge in [0.15, 0.2) is 0 Å². The summed E-state index contributed by atoms with van der Waals surface area (Å²) in [6, 6.07) is 1.33. The minimum atomic E-state index is 0. The van der Waals surface area contributed by atoms with E-state index >= 15 is 0 Å². The lowest BCUT2D eigenvalue weighted by Gasteiger charge is -2.29. The Balaban J connectivity index is 0.00000132. The fraction of sp³-hybridized carbons (Fsp3) is 0.750. The molecule has 0 spiro atoms. The molecule has 7 heteroatoms. The third kappa shape index (κ3) is 5.31. The zero-order valence-electron chi connectivity index (χ0n) is 13.8. The Kier molecular flexibility index (Phi) is 8.28. The number of aryl methyl sites for hydroxylation is 1. The molecule has 1 N–H and O–H groups in total. The predicted octanol–water partition coefficient (Wildman–Crippen LogP) is 3.43. The molecule has 2 aliphatic rings. The molecule has 2 aliphatic heterocycles. The molecule has 2 fully saturated rings. The van der Waals surface area contributed by atoms with Crippen LogP contribution in [0.1, 0.15) is 48.9 Å². The van der Waals surface area contributed by atoms with Gasteiger partial charge in [-0.1, -0.05) is 6.92 Å². The van der Waals surface area contributed by atoms with Crippen LogP contribution < -0.4 is 5.32 Å². The number of halogens is 2. The third-order valence-electron chi connectivity index (χ3n) is 4.78. The number of piperidine rings is 1. The maximum atomic E-state index is 12.4. The van der Waals surface area contributed by atoms with Gasteiger partial charge in [-0.05, 0) is 38.0 Å². The maximum absolute atomic E-state index is 12.4. The molecule has 4 nitrogen and oxygen atoms in total. The molecule has 0 radical (unpaired) electrons. The van der Waals surface area contributed by atoms with E-state index in [1.54, 1.807) is 11.3 Å². The van der Waals surface area contributed by atoms with Crippen molar-refractivity contribution in [2.45, 2.75) is 64.1 Å². The standard InChI is InChI=1S/C16H25N3OS.2ClH/c1-3-14-9-17-15(21-14)10-19(2)16(20)8-11-6-12-4-5-13(7-11)18-12;;/h9,11-13,18H,3-8,10H2,1-2H3;2*1H. The molecule has 3 rings (SSSR count). The molecule has 2 saturated heterocycles. The second kappa shape index (κ2) is 9.21. The largest absolute Gasteiger partial charge is 0.339 e. The van der Waals surface area contributed by atoms with Gasteiger partial charge in [-0.25, -0.2) is 4.98 Å². The van der Waals surface area contributed by atoms with Gasteiger partial charge < -0.3 is 10.2 Å². The summed E-state index contributed by atoms with van der Waals surface area (Å²) >= 11 is 1.72. The molecule has 2 atom stereocenters. The number of amides is 1. The molecule has 0 aromatic carbocycles. The fourth-order valence-electron chi connectivity index (χ4n) is 3.62. The zero-order chi connectivity index (χ0) is 14.8. The first-order valence-electron chi connectivity index (χ1n) is 8.07. The van der Waals surface area contributed by atoms with Gasteiger partial charge >= 0.3 is 0 Å². The first-order valence-corrected chi connectivity index (χ1v) is 8.89.